The second-order valence-corrected chi connectivity index (χ2v) is 53.9. The van der Waals surface area contributed by atoms with Gasteiger partial charge in [-0.1, -0.05) is 583 Å². The van der Waals surface area contributed by atoms with E-state index in [2.05, 4.69) is 115 Å². The van der Waals surface area contributed by atoms with Crippen molar-refractivity contribution in [2.24, 2.45) is 124 Å². The zero-order valence-corrected chi connectivity index (χ0v) is 96.0. The van der Waals surface area contributed by atoms with Gasteiger partial charge in [0.2, 0.25) is 0 Å². The SMILES string of the molecule is C1=CC2CCC1C2.C1=CC2CCCC2=C1.C1=CC2CCCCC2C1.C1=CCCC1.C1=CCCC=C1.C1=CCCCC1.C1CC1.C1CC2CC(C1)C2.C1CC2CC12.C1CC2CC2C1.C1CC2CCC1C2.C1CC2CCC1CC2.C1CC2CCCC2C1.C1CCC1.C1CCC2CCCC2C1.C1CCC2CCCCC2C1.C1CCCC1.C1CCCCC1.C1CCCCCC1.C1CCCCCCC1.c1ccc2c(c1)CCCC2. The molecule has 0 heteroatoms. The molecule has 818 valence electrons. The molecule has 11 atom stereocenters. The van der Waals surface area contributed by atoms with E-state index in [4.69, 9.17) is 0 Å². The molecule has 1 aromatic rings. The van der Waals surface area contributed by atoms with Gasteiger partial charge in [0, 0.05) is 0 Å². The third-order valence-electron chi connectivity index (χ3n) is 42.1. The van der Waals surface area contributed by atoms with Crippen molar-refractivity contribution in [2.75, 3.05) is 0 Å². The number of rotatable bonds is 0. The number of aryl methyl sites for hydroxylation is 2. The Labute approximate surface area is 898 Å². The highest BCUT2D eigenvalue weighted by Gasteiger charge is 2.45. The van der Waals surface area contributed by atoms with Crippen LogP contribution in [0.2, 0.25) is 0 Å². The average molecular weight is 1970 g/mol. The van der Waals surface area contributed by atoms with Crippen LogP contribution >= 0.6 is 0 Å². The summed E-state index contributed by atoms with van der Waals surface area (Å²) in [4.78, 5) is 0. The van der Waals surface area contributed by atoms with Gasteiger partial charge < -0.3 is 0 Å². The first-order valence-electron chi connectivity index (χ1n) is 67.9. The molecule has 11 unspecified atom stereocenters. The van der Waals surface area contributed by atoms with Crippen LogP contribution in [0.5, 0.6) is 0 Å². The van der Waals surface area contributed by atoms with Gasteiger partial charge in [0.1, 0.15) is 0 Å². The fourth-order valence-corrected chi connectivity index (χ4v) is 31.4. The number of hydrogen-bond acceptors (Lipinski definition) is 0. The second-order valence-electron chi connectivity index (χ2n) is 53.9. The first-order valence-corrected chi connectivity index (χ1v) is 67.9. The minimum absolute atomic E-state index is 0.856. The maximum atomic E-state index is 2.43. The summed E-state index contributed by atoms with van der Waals surface area (Å²) in [6, 6.07) is 8.80. The Morgan fingerprint density at radius 3 is 0.694 bits per heavy atom. The normalized spacial score (nSPS) is 35.0. The fourth-order valence-electron chi connectivity index (χ4n) is 31.4. The van der Waals surface area contributed by atoms with E-state index in [9.17, 15) is 0 Å². The Morgan fingerprint density at radius 1 is 0.160 bits per heavy atom. The highest BCUT2D eigenvalue weighted by molar-refractivity contribution is 5.30. The van der Waals surface area contributed by atoms with Gasteiger partial charge in [-0.05, 0) is 322 Å². The lowest BCUT2D eigenvalue weighted by molar-refractivity contribution is 0.116. The minimum atomic E-state index is 0.856. The van der Waals surface area contributed by atoms with Crippen LogP contribution in [0.25, 0.3) is 0 Å². The van der Waals surface area contributed by atoms with Gasteiger partial charge in [-0.3, -0.25) is 0 Å². The molecule has 0 aliphatic heterocycles. The summed E-state index contributed by atoms with van der Waals surface area (Å²) in [6.07, 6.45) is 185. The Hall–Kier alpha value is -2.86. The van der Waals surface area contributed by atoms with E-state index in [-0.39, 0.29) is 0 Å². The summed E-state index contributed by atoms with van der Waals surface area (Å²) in [7, 11) is 0. The molecule has 0 heterocycles. The lowest BCUT2D eigenvalue weighted by Crippen LogP contribution is -2.28. The Morgan fingerprint density at radius 2 is 0.465 bits per heavy atom. The number of allylic oxidation sites excluding steroid dienone is 16. The molecule has 0 spiro atoms. The molecular weight excluding hydrogens is 1730 g/mol. The number of fused-ring (bicyclic) bond motifs is 17. The summed E-state index contributed by atoms with van der Waals surface area (Å²) in [5.74, 6) is 23.8. The Bertz CT molecular complexity index is 3240. The lowest BCUT2D eigenvalue weighted by Gasteiger charge is -2.40. The van der Waals surface area contributed by atoms with E-state index in [1.54, 1.807) is 229 Å². The molecule has 0 radical (unpaired) electrons. The van der Waals surface area contributed by atoms with Crippen LogP contribution in [-0.4, -0.2) is 0 Å². The fraction of sp³-hybridized carbons (Fsp3) is 0.847. The minimum Gasteiger partial charge on any atom is -0.0885 e. The zero-order valence-electron chi connectivity index (χ0n) is 96.0. The van der Waals surface area contributed by atoms with Gasteiger partial charge in [0.25, 0.3) is 0 Å². The van der Waals surface area contributed by atoms with Crippen molar-refractivity contribution in [1.29, 1.82) is 0 Å². The largest absolute Gasteiger partial charge is 0.0885 e. The van der Waals surface area contributed by atoms with E-state index in [0.29, 0.717) is 0 Å². The van der Waals surface area contributed by atoms with Gasteiger partial charge in [-0.25, -0.2) is 0 Å². The molecule has 8 bridgehead atoms. The smallest absolute Gasteiger partial charge is 0.00169 e. The van der Waals surface area contributed by atoms with Crippen molar-refractivity contribution >= 4 is 0 Å². The Kier molecular flexibility index (Phi) is 62.2. The first-order chi connectivity index (χ1) is 71.5. The van der Waals surface area contributed by atoms with Crippen LogP contribution in [0.1, 0.15) is 647 Å². The molecule has 1 aromatic carbocycles. The van der Waals surface area contributed by atoms with Crippen molar-refractivity contribution in [2.45, 2.75) is 649 Å². The quantitative estimate of drug-likeness (QED) is 0.179. The van der Waals surface area contributed by atoms with Crippen LogP contribution in [0.3, 0.4) is 0 Å². The third kappa shape index (κ3) is 51.5. The van der Waals surface area contributed by atoms with Gasteiger partial charge in [0.05, 0.1) is 0 Å². The zero-order chi connectivity index (χ0) is 98.7. The highest BCUT2D eigenvalue weighted by Crippen LogP contribution is 2.56. The van der Waals surface area contributed by atoms with E-state index >= 15 is 0 Å². The van der Waals surface area contributed by atoms with Crippen LogP contribution in [0, 0.1) is 124 Å². The van der Waals surface area contributed by atoms with Gasteiger partial charge in [0.15, 0.2) is 0 Å². The lowest BCUT2D eigenvalue weighted by atomic mass is 9.65. The van der Waals surface area contributed by atoms with Crippen molar-refractivity contribution in [3.63, 3.8) is 0 Å². The molecule has 144 heavy (non-hydrogen) atoms. The summed E-state index contributed by atoms with van der Waals surface area (Å²) < 4.78 is 0. The van der Waals surface area contributed by atoms with Gasteiger partial charge >= 0.3 is 0 Å². The van der Waals surface area contributed by atoms with E-state index in [0.717, 1.165) is 53.3 Å². The van der Waals surface area contributed by atoms with Crippen LogP contribution in [0.4, 0.5) is 0 Å². The third-order valence-corrected chi connectivity index (χ3v) is 42.1. The summed E-state index contributed by atoms with van der Waals surface area (Å²) in [5.41, 5.74) is 4.83. The average Bonchev–Trinajstić information content (AvgIpc) is 1.64. The monoisotopic (exact) mass is 1970 g/mol. The van der Waals surface area contributed by atoms with E-state index in [1.807, 2.05) is 0 Å². The van der Waals surface area contributed by atoms with Gasteiger partial charge in [-0.2, -0.15) is 0 Å². The molecule has 0 nitrogen and oxygen atoms in total. The van der Waals surface area contributed by atoms with Crippen molar-refractivity contribution in [1.82, 2.24) is 0 Å². The molecule has 35 rings (SSSR count). The molecule has 0 amide bonds. The van der Waals surface area contributed by atoms with Gasteiger partial charge in [-0.15, -0.1) is 0 Å². The van der Waals surface area contributed by atoms with Crippen molar-refractivity contribution in [3.05, 3.63) is 132 Å². The van der Waals surface area contributed by atoms with Crippen LogP contribution < -0.4 is 0 Å². The maximum absolute atomic E-state index is 2.43. The van der Waals surface area contributed by atoms with E-state index < -0.39 is 0 Å². The highest BCUT2D eigenvalue weighted by atomic mass is 14.5. The molecule has 0 N–H and O–H groups in total. The molecule has 0 aromatic heterocycles. The second kappa shape index (κ2) is 75.8. The predicted molar refractivity (Wildman–Crippen MR) is 636 cm³/mol. The number of hydrogen-bond donors (Lipinski definition) is 0. The predicted octanol–water partition coefficient (Wildman–Crippen LogP) is 47.3. The van der Waals surface area contributed by atoms with Crippen molar-refractivity contribution in [3.8, 4) is 0 Å². The molecule has 27 fully saturated rings. The summed E-state index contributed by atoms with van der Waals surface area (Å²) in [5, 5.41) is 0. The number of benzene rings is 1. The van der Waals surface area contributed by atoms with Crippen molar-refractivity contribution < 1.29 is 0 Å². The molecular formula is C144H242. The molecule has 34 aliphatic carbocycles. The molecule has 0 saturated heterocycles. The standard InChI is InChI=1S/C10H18.C10H12.C9H16.C9H14.C8H14.C8H10.C8H14.C8H16.C7H12.C7H10.C7H12.C7H14.C6H10.C6H12.C6H10.C6H8.C5H8.C5H10.C5H8.C4H8.C3H6/c2*1-2-6-10-8-4-3-7-9(10)5-1;2*1-2-5-9-7-3-6-8(9)4-1;2*1-3-7-5-2-6-8(7)4-1;1-2-8-5-3-7(1)4-6-8;1-2-4-6-8-7-5-3-1;2*1-2-7-4-3-6(1)5-7;1-2-6-4-7(3-1)5-6;1-2-4-6-7-5-3-1;1-2-5-4-6(5)3-1;3*1-2-4-6-5-3-1;1-2-5-3-4(1)5;2*1-2-4-5-3-1;1-2-4-3-1;1-2-3-1/h9-10H,1-8H2;1-2,5-6H,3-4,7-8H2;8-9H,1-7H2;3,6,8-9H,1-2,4-5,7H2;7-8H,1-6H2;1,3-4,7H,2,5-6H2;7-8H,1-6H2;1-8H2;6-7H,1-5H2;1-2,6-7H,3-5H2;6-7H,1-5H2;1-7H2;5-6H,1-4H2;1-6H2;1-2H,3-6H2;1-4H,5-6H2;4-5H,1-3H2;1-5H2;1-2H,3-5H2;1-4H2;1-3H2. The van der Waals surface area contributed by atoms with E-state index in [1.165, 1.54) is 508 Å². The maximum Gasteiger partial charge on any atom is -0.00169 e. The van der Waals surface area contributed by atoms with Crippen LogP contribution in [0.15, 0.2) is 121 Å². The molecule has 27 saturated carbocycles. The topological polar surface area (TPSA) is 0 Å². The molecule has 34 aliphatic rings. The summed E-state index contributed by atoms with van der Waals surface area (Å²) >= 11 is 0. The summed E-state index contributed by atoms with van der Waals surface area (Å²) in [6.45, 7) is 0. The van der Waals surface area contributed by atoms with Crippen LogP contribution in [-0.2, 0) is 12.8 Å². The Balaban J connectivity index is 0.000000127. The first kappa shape index (κ1) is 118.